The molecule has 0 spiro atoms. The van der Waals surface area contributed by atoms with Crippen LogP contribution in [-0.2, 0) is 4.79 Å². The van der Waals surface area contributed by atoms with Crippen molar-refractivity contribution in [3.63, 3.8) is 0 Å². The maximum Gasteiger partial charge on any atom is 0.148 e. The summed E-state index contributed by atoms with van der Waals surface area (Å²) in [5, 5.41) is 0. The van der Waals surface area contributed by atoms with E-state index in [1.165, 1.54) is 12.8 Å². The molecule has 102 valence electrons. The first-order valence-corrected chi connectivity index (χ1v) is 7.17. The summed E-state index contributed by atoms with van der Waals surface area (Å²) >= 11 is 0. The number of rotatable bonds is 4. The van der Waals surface area contributed by atoms with Gasteiger partial charge in [0.25, 0.3) is 0 Å². The fourth-order valence-corrected chi connectivity index (χ4v) is 3.74. The first kappa shape index (κ1) is 13.7. The molecule has 2 aliphatic rings. The molecule has 0 radical (unpaired) electrons. The molecule has 1 heterocycles. The second-order valence-corrected chi connectivity index (χ2v) is 5.96. The minimum absolute atomic E-state index is 0.120. The van der Waals surface area contributed by atoms with E-state index < -0.39 is 0 Å². The third-order valence-corrected chi connectivity index (χ3v) is 4.73. The van der Waals surface area contributed by atoms with Crippen LogP contribution >= 0.6 is 0 Å². The number of halogens is 1. The minimum Gasteiger partial charge on any atom is -0.299 e. The van der Waals surface area contributed by atoms with Gasteiger partial charge < -0.3 is 0 Å². The summed E-state index contributed by atoms with van der Waals surface area (Å²) in [6.45, 7) is 8.48. The van der Waals surface area contributed by atoms with E-state index in [1.54, 1.807) is 0 Å². The summed E-state index contributed by atoms with van der Waals surface area (Å²) in [5.74, 6) is 0.738. The van der Waals surface area contributed by atoms with Crippen LogP contribution in [-0.4, -0.2) is 30.3 Å². The molecule has 3 heteroatoms. The minimum atomic E-state index is -0.165. The van der Waals surface area contributed by atoms with Crippen molar-refractivity contribution in [1.82, 2.24) is 4.90 Å². The molecule has 18 heavy (non-hydrogen) atoms. The highest BCUT2D eigenvalue weighted by Crippen LogP contribution is 2.45. The van der Waals surface area contributed by atoms with Crippen molar-refractivity contribution in [2.75, 3.05) is 13.1 Å². The van der Waals surface area contributed by atoms with Gasteiger partial charge in [0, 0.05) is 24.1 Å². The van der Waals surface area contributed by atoms with Crippen LogP contribution in [0.3, 0.4) is 0 Å². The molecule has 0 N–H and O–H groups in total. The summed E-state index contributed by atoms with van der Waals surface area (Å²) in [6.07, 6.45) is 3.71. The number of carbonyl (C=O) groups excluding carboxylic acids is 1. The molecule has 1 fully saturated rings. The Bertz CT molecular complexity index is 352. The van der Waals surface area contributed by atoms with Crippen molar-refractivity contribution in [2.24, 2.45) is 17.8 Å². The van der Waals surface area contributed by atoms with Crippen LogP contribution < -0.4 is 0 Å². The maximum atomic E-state index is 14.1. The van der Waals surface area contributed by atoms with E-state index in [-0.39, 0.29) is 11.7 Å². The molecule has 1 aliphatic heterocycles. The number of fused-ring (bicyclic) bond motifs is 1. The highest BCUT2D eigenvalue weighted by atomic mass is 19.1. The van der Waals surface area contributed by atoms with Gasteiger partial charge in [0.15, 0.2) is 0 Å². The highest BCUT2D eigenvalue weighted by Gasteiger charge is 2.46. The lowest BCUT2D eigenvalue weighted by Gasteiger charge is -2.36. The zero-order chi connectivity index (χ0) is 13.3. The molecule has 0 bridgehead atoms. The van der Waals surface area contributed by atoms with Gasteiger partial charge in [0.1, 0.15) is 12.1 Å². The van der Waals surface area contributed by atoms with Crippen LogP contribution in [0, 0.1) is 17.8 Å². The number of hydrogen-bond donors (Lipinski definition) is 0. The van der Waals surface area contributed by atoms with Crippen molar-refractivity contribution < 1.29 is 9.18 Å². The predicted octanol–water partition coefficient (Wildman–Crippen LogP) is 3.19. The first-order valence-electron chi connectivity index (χ1n) is 7.17. The van der Waals surface area contributed by atoms with Gasteiger partial charge in [0.05, 0.1) is 0 Å². The highest BCUT2D eigenvalue weighted by molar-refractivity contribution is 5.74. The first-order chi connectivity index (χ1) is 8.60. The van der Waals surface area contributed by atoms with Gasteiger partial charge in [-0.2, -0.15) is 0 Å². The molecule has 2 nitrogen and oxygen atoms in total. The normalized spacial score (nSPS) is 36.9. The molecule has 0 aromatic rings. The van der Waals surface area contributed by atoms with Gasteiger partial charge in [-0.3, -0.25) is 9.69 Å². The molecular weight excluding hydrogens is 229 g/mol. The number of unbranched alkanes of at least 4 members (excludes halogenated alkanes) is 1. The Morgan fingerprint density at radius 3 is 2.78 bits per heavy atom. The van der Waals surface area contributed by atoms with Crippen LogP contribution in [0.5, 0.6) is 0 Å². The van der Waals surface area contributed by atoms with E-state index in [4.69, 9.17) is 0 Å². The molecule has 1 unspecified atom stereocenters. The van der Waals surface area contributed by atoms with Crippen LogP contribution in [0.1, 0.15) is 40.0 Å². The van der Waals surface area contributed by atoms with E-state index in [2.05, 4.69) is 18.7 Å². The van der Waals surface area contributed by atoms with E-state index >= 15 is 0 Å². The van der Waals surface area contributed by atoms with E-state index in [0.29, 0.717) is 29.9 Å². The second-order valence-electron chi connectivity index (χ2n) is 5.96. The fraction of sp³-hybridized carbons (Fsp3) is 0.800. The lowest BCUT2D eigenvalue weighted by molar-refractivity contribution is -0.105. The molecule has 1 saturated heterocycles. The Morgan fingerprint density at radius 2 is 2.17 bits per heavy atom. The molecule has 1 aliphatic carbocycles. The lowest BCUT2D eigenvalue weighted by Crippen LogP contribution is -2.41. The fourth-order valence-electron chi connectivity index (χ4n) is 3.74. The van der Waals surface area contributed by atoms with Gasteiger partial charge in [-0.15, -0.1) is 0 Å². The average molecular weight is 253 g/mol. The van der Waals surface area contributed by atoms with Crippen molar-refractivity contribution >= 4 is 6.29 Å². The average Bonchev–Trinajstić information content (AvgIpc) is 2.68. The molecule has 0 aromatic heterocycles. The van der Waals surface area contributed by atoms with Gasteiger partial charge >= 0.3 is 0 Å². The Balaban J connectivity index is 2.20. The molecule has 0 saturated carbocycles. The van der Waals surface area contributed by atoms with Crippen molar-refractivity contribution in [1.29, 1.82) is 0 Å². The SMILES string of the molecule is CCCCN1C[C@H](C)[C@@H]2CC(C=O)=C(F)[C@H](C)C21. The quantitative estimate of drug-likeness (QED) is 0.717. The second kappa shape index (κ2) is 5.52. The molecular formula is C15H24FNO. The molecule has 0 amide bonds. The van der Waals surface area contributed by atoms with Gasteiger partial charge in [-0.1, -0.05) is 27.2 Å². The third-order valence-electron chi connectivity index (χ3n) is 4.73. The lowest BCUT2D eigenvalue weighted by atomic mass is 9.75. The monoisotopic (exact) mass is 253 g/mol. The van der Waals surface area contributed by atoms with E-state index in [0.717, 1.165) is 19.4 Å². The number of aldehydes is 1. The van der Waals surface area contributed by atoms with Crippen LogP contribution in [0.15, 0.2) is 11.4 Å². The third kappa shape index (κ3) is 2.25. The van der Waals surface area contributed by atoms with Gasteiger partial charge in [0.2, 0.25) is 0 Å². The maximum absolute atomic E-state index is 14.1. The Labute approximate surface area is 109 Å². The topological polar surface area (TPSA) is 20.3 Å². The van der Waals surface area contributed by atoms with E-state index in [9.17, 15) is 9.18 Å². The van der Waals surface area contributed by atoms with E-state index in [1.807, 2.05) is 6.92 Å². The number of hydrogen-bond acceptors (Lipinski definition) is 2. The molecule has 4 atom stereocenters. The Kier molecular flexibility index (Phi) is 4.21. The van der Waals surface area contributed by atoms with Crippen molar-refractivity contribution in [2.45, 2.75) is 46.1 Å². The van der Waals surface area contributed by atoms with Crippen LogP contribution in [0.25, 0.3) is 0 Å². The summed E-state index contributed by atoms with van der Waals surface area (Å²) in [6, 6.07) is 0.301. The zero-order valence-corrected chi connectivity index (χ0v) is 11.7. The summed E-state index contributed by atoms with van der Waals surface area (Å²) < 4.78 is 14.1. The molecule has 0 aromatic carbocycles. The Morgan fingerprint density at radius 1 is 1.44 bits per heavy atom. The summed E-state index contributed by atoms with van der Waals surface area (Å²) in [5.41, 5.74) is 0.410. The standard InChI is InChI=1S/C15H24FNO/c1-4-5-6-17-8-10(2)13-7-12(9-18)14(16)11(3)15(13)17/h9-11,13,15H,4-8H2,1-3H3/t10-,11-,13-,15?/m0/s1. The largest absolute Gasteiger partial charge is 0.299 e. The van der Waals surface area contributed by atoms with Gasteiger partial charge in [-0.25, -0.2) is 4.39 Å². The number of nitrogens with zero attached hydrogens (tertiary/aromatic N) is 1. The predicted molar refractivity (Wildman–Crippen MR) is 70.9 cm³/mol. The van der Waals surface area contributed by atoms with Crippen LogP contribution in [0.2, 0.25) is 0 Å². The van der Waals surface area contributed by atoms with Crippen LogP contribution in [0.4, 0.5) is 4.39 Å². The van der Waals surface area contributed by atoms with Crippen molar-refractivity contribution in [3.05, 3.63) is 11.4 Å². The zero-order valence-electron chi connectivity index (χ0n) is 11.7. The van der Waals surface area contributed by atoms with Crippen molar-refractivity contribution in [3.8, 4) is 0 Å². The number of carbonyl (C=O) groups is 1. The molecule has 2 rings (SSSR count). The van der Waals surface area contributed by atoms with Gasteiger partial charge in [-0.05, 0) is 31.2 Å². The number of likely N-dealkylation sites (tertiary alicyclic amines) is 1. The summed E-state index contributed by atoms with van der Waals surface area (Å²) in [7, 11) is 0. The smallest absolute Gasteiger partial charge is 0.148 e. The summed E-state index contributed by atoms with van der Waals surface area (Å²) in [4.78, 5) is 13.4. The Hall–Kier alpha value is -0.700. The number of allylic oxidation sites excluding steroid dienone is 1.